The number of rotatable bonds is 5. The van der Waals surface area contributed by atoms with Gasteiger partial charge < -0.3 is 10.0 Å². The third kappa shape index (κ3) is 3.61. The van der Waals surface area contributed by atoms with Crippen molar-refractivity contribution in [2.45, 2.75) is 17.7 Å². The first-order chi connectivity index (χ1) is 9.08. The summed E-state index contributed by atoms with van der Waals surface area (Å²) in [7, 11) is -1.29. The highest BCUT2D eigenvalue weighted by atomic mass is 32.2. The molecular formula is C13H16FNO3S. The highest BCUT2D eigenvalue weighted by Crippen LogP contribution is 2.15. The Morgan fingerprint density at radius 1 is 1.37 bits per heavy atom. The van der Waals surface area contributed by atoms with E-state index in [1.54, 1.807) is 0 Å². The van der Waals surface area contributed by atoms with Crippen LogP contribution >= 0.6 is 0 Å². The van der Waals surface area contributed by atoms with Crippen LogP contribution in [0.3, 0.4) is 0 Å². The molecule has 0 radical (unpaired) electrons. The van der Waals surface area contributed by atoms with Crippen molar-refractivity contribution in [2.24, 2.45) is 0 Å². The second-order valence-corrected chi connectivity index (χ2v) is 6.12. The van der Waals surface area contributed by atoms with Crippen molar-refractivity contribution in [3.63, 3.8) is 0 Å². The molecule has 0 saturated carbocycles. The molecule has 0 aliphatic carbocycles. The Bertz CT molecular complexity index is 501. The van der Waals surface area contributed by atoms with Gasteiger partial charge in [-0.15, -0.1) is 0 Å². The zero-order valence-corrected chi connectivity index (χ0v) is 11.3. The van der Waals surface area contributed by atoms with Crippen LogP contribution in [-0.4, -0.2) is 45.6 Å². The number of carbonyl (C=O) groups is 1. The van der Waals surface area contributed by atoms with E-state index < -0.39 is 28.1 Å². The molecule has 104 valence electrons. The van der Waals surface area contributed by atoms with Crippen LogP contribution in [-0.2, 0) is 10.8 Å². The zero-order valence-electron chi connectivity index (χ0n) is 10.5. The van der Waals surface area contributed by atoms with Gasteiger partial charge in [-0.1, -0.05) is 0 Å². The van der Waals surface area contributed by atoms with E-state index >= 15 is 0 Å². The van der Waals surface area contributed by atoms with Gasteiger partial charge in [-0.05, 0) is 44.1 Å². The maximum absolute atomic E-state index is 13.2. The summed E-state index contributed by atoms with van der Waals surface area (Å²) in [5, 5.41) is 8.83. The van der Waals surface area contributed by atoms with Gasteiger partial charge in [-0.2, -0.15) is 0 Å². The SMILES string of the molecule is O=C(O)c1cc(S(=O)CCN2CCCC2)ccc1F. The second-order valence-electron chi connectivity index (χ2n) is 4.55. The third-order valence-electron chi connectivity index (χ3n) is 3.22. The molecule has 1 saturated heterocycles. The number of aromatic carboxylic acids is 1. The first kappa shape index (κ1) is 14.1. The number of likely N-dealkylation sites (tertiary alicyclic amines) is 1. The predicted octanol–water partition coefficient (Wildman–Crippen LogP) is 1.73. The topological polar surface area (TPSA) is 57.6 Å². The molecule has 0 aromatic heterocycles. The standard InChI is InChI=1S/C13H16FNO3S/c14-12-4-3-10(9-11(12)13(16)17)19(18)8-7-15-5-1-2-6-15/h3-4,9H,1-2,5-8H2,(H,16,17). The van der Waals surface area contributed by atoms with E-state index in [4.69, 9.17) is 5.11 Å². The van der Waals surface area contributed by atoms with Crippen molar-refractivity contribution >= 4 is 16.8 Å². The molecule has 19 heavy (non-hydrogen) atoms. The summed E-state index contributed by atoms with van der Waals surface area (Å²) >= 11 is 0. The lowest BCUT2D eigenvalue weighted by molar-refractivity contribution is 0.0691. The molecule has 1 aromatic carbocycles. The Balaban J connectivity index is 2.02. The van der Waals surface area contributed by atoms with Crippen molar-refractivity contribution in [1.29, 1.82) is 0 Å². The van der Waals surface area contributed by atoms with Gasteiger partial charge in [0.15, 0.2) is 0 Å². The molecular weight excluding hydrogens is 269 g/mol. The lowest BCUT2D eigenvalue weighted by Gasteiger charge is -2.13. The number of carboxylic acid groups (broad SMARTS) is 1. The molecule has 1 aliphatic rings. The summed E-state index contributed by atoms with van der Waals surface area (Å²) in [5.74, 6) is -1.69. The minimum absolute atomic E-state index is 0.373. The van der Waals surface area contributed by atoms with E-state index in [-0.39, 0.29) is 0 Å². The average molecular weight is 285 g/mol. The minimum Gasteiger partial charge on any atom is -0.478 e. The van der Waals surface area contributed by atoms with E-state index in [1.807, 2.05) is 0 Å². The first-order valence-electron chi connectivity index (χ1n) is 6.21. The summed E-state index contributed by atoms with van der Waals surface area (Å²) in [5.41, 5.74) is -0.424. The third-order valence-corrected chi connectivity index (χ3v) is 4.56. The zero-order chi connectivity index (χ0) is 13.8. The van der Waals surface area contributed by atoms with E-state index in [0.29, 0.717) is 10.6 Å². The highest BCUT2D eigenvalue weighted by molar-refractivity contribution is 7.85. The van der Waals surface area contributed by atoms with Crippen molar-refractivity contribution in [3.8, 4) is 0 Å². The van der Waals surface area contributed by atoms with E-state index in [0.717, 1.165) is 31.8 Å². The Labute approximate surface area is 113 Å². The van der Waals surface area contributed by atoms with Crippen LogP contribution in [0.2, 0.25) is 0 Å². The van der Waals surface area contributed by atoms with Gasteiger partial charge in [0.1, 0.15) is 5.82 Å². The minimum atomic E-state index is -1.34. The molecule has 6 heteroatoms. The van der Waals surface area contributed by atoms with Gasteiger partial charge in [0.05, 0.1) is 16.4 Å². The number of carboxylic acids is 1. The summed E-state index contributed by atoms with van der Waals surface area (Å²) < 4.78 is 25.3. The Hall–Kier alpha value is -1.27. The molecule has 4 nitrogen and oxygen atoms in total. The molecule has 1 aliphatic heterocycles. The Morgan fingerprint density at radius 3 is 2.68 bits per heavy atom. The van der Waals surface area contributed by atoms with Gasteiger partial charge in [0.2, 0.25) is 0 Å². The summed E-state index contributed by atoms with van der Waals surface area (Å²) in [4.78, 5) is 13.4. The van der Waals surface area contributed by atoms with Gasteiger partial charge in [0.25, 0.3) is 0 Å². The molecule has 1 atom stereocenters. The van der Waals surface area contributed by atoms with Crippen molar-refractivity contribution < 1.29 is 18.5 Å². The van der Waals surface area contributed by atoms with Crippen molar-refractivity contribution in [2.75, 3.05) is 25.4 Å². The van der Waals surface area contributed by atoms with Crippen LogP contribution < -0.4 is 0 Å². The second kappa shape index (κ2) is 6.25. The molecule has 0 amide bonds. The molecule has 1 unspecified atom stereocenters. The van der Waals surface area contributed by atoms with Crippen LogP contribution in [0, 0.1) is 5.82 Å². The monoisotopic (exact) mass is 285 g/mol. The molecule has 0 spiro atoms. The smallest absolute Gasteiger partial charge is 0.338 e. The van der Waals surface area contributed by atoms with Gasteiger partial charge in [0, 0.05) is 17.2 Å². The normalized spacial score (nSPS) is 17.5. The fraction of sp³-hybridized carbons (Fsp3) is 0.462. The van der Waals surface area contributed by atoms with Crippen molar-refractivity contribution in [3.05, 3.63) is 29.6 Å². The molecule has 0 bridgehead atoms. The van der Waals surface area contributed by atoms with Crippen LogP contribution in [0.1, 0.15) is 23.2 Å². The fourth-order valence-electron chi connectivity index (χ4n) is 2.15. The van der Waals surface area contributed by atoms with E-state index in [2.05, 4.69) is 4.90 Å². The fourth-order valence-corrected chi connectivity index (χ4v) is 3.27. The molecule has 2 rings (SSSR count). The average Bonchev–Trinajstić information content (AvgIpc) is 2.89. The molecule has 1 heterocycles. The lowest BCUT2D eigenvalue weighted by Crippen LogP contribution is -2.24. The lowest BCUT2D eigenvalue weighted by atomic mass is 10.2. The van der Waals surface area contributed by atoms with Crippen LogP contribution in [0.15, 0.2) is 23.1 Å². The highest BCUT2D eigenvalue weighted by Gasteiger charge is 2.16. The molecule has 1 fully saturated rings. The van der Waals surface area contributed by atoms with Crippen LogP contribution in [0.5, 0.6) is 0 Å². The number of hydrogen-bond donors (Lipinski definition) is 1. The van der Waals surface area contributed by atoms with Crippen molar-refractivity contribution in [1.82, 2.24) is 4.90 Å². The molecule has 1 N–H and O–H groups in total. The van der Waals surface area contributed by atoms with Gasteiger partial charge in [-0.25, -0.2) is 9.18 Å². The summed E-state index contributed by atoms with van der Waals surface area (Å²) in [6, 6.07) is 3.62. The summed E-state index contributed by atoms with van der Waals surface area (Å²) in [6.07, 6.45) is 2.35. The van der Waals surface area contributed by atoms with Crippen LogP contribution in [0.4, 0.5) is 4.39 Å². The van der Waals surface area contributed by atoms with Gasteiger partial charge >= 0.3 is 5.97 Å². The number of benzene rings is 1. The Morgan fingerprint density at radius 2 is 2.05 bits per heavy atom. The van der Waals surface area contributed by atoms with Crippen LogP contribution in [0.25, 0.3) is 0 Å². The summed E-state index contributed by atoms with van der Waals surface area (Å²) in [6.45, 7) is 2.79. The first-order valence-corrected chi connectivity index (χ1v) is 7.53. The maximum atomic E-state index is 13.2. The largest absolute Gasteiger partial charge is 0.478 e. The maximum Gasteiger partial charge on any atom is 0.338 e. The Kier molecular flexibility index (Phi) is 4.66. The van der Waals surface area contributed by atoms with E-state index in [9.17, 15) is 13.4 Å². The molecule has 1 aromatic rings. The quantitative estimate of drug-likeness (QED) is 0.895. The number of hydrogen-bond acceptors (Lipinski definition) is 3. The predicted molar refractivity (Wildman–Crippen MR) is 70.3 cm³/mol. The van der Waals surface area contributed by atoms with E-state index in [1.165, 1.54) is 18.9 Å². The van der Waals surface area contributed by atoms with Gasteiger partial charge in [-0.3, -0.25) is 4.21 Å². The number of halogens is 1. The number of nitrogens with zero attached hydrogens (tertiary/aromatic N) is 1.